The van der Waals surface area contributed by atoms with Crippen LogP contribution in [0.3, 0.4) is 0 Å². The first kappa shape index (κ1) is 16.2. The van der Waals surface area contributed by atoms with Crippen molar-refractivity contribution in [3.8, 4) is 0 Å². The van der Waals surface area contributed by atoms with Gasteiger partial charge in [0.2, 0.25) is 0 Å². The van der Waals surface area contributed by atoms with E-state index in [4.69, 9.17) is 5.11 Å². The van der Waals surface area contributed by atoms with E-state index in [0.717, 1.165) is 6.42 Å². The summed E-state index contributed by atoms with van der Waals surface area (Å²) in [5.74, 6) is -0.485. The molecule has 2 unspecified atom stereocenters. The van der Waals surface area contributed by atoms with Crippen LogP contribution in [0, 0.1) is 5.92 Å². The Kier molecular flexibility index (Phi) is 6.06. The number of aliphatic carboxylic acids is 1. The molecule has 19 heavy (non-hydrogen) atoms. The van der Waals surface area contributed by atoms with Gasteiger partial charge in [0.05, 0.1) is 0 Å². The second-order valence-corrected chi connectivity index (χ2v) is 5.04. The van der Waals surface area contributed by atoms with Gasteiger partial charge >= 0.3 is 12.1 Å². The number of halogens is 3. The lowest BCUT2D eigenvalue weighted by atomic mass is 9.92. The van der Waals surface area contributed by atoms with Crippen molar-refractivity contribution in [1.29, 1.82) is 0 Å². The molecule has 1 heterocycles. The van der Waals surface area contributed by atoms with Crippen LogP contribution in [0.5, 0.6) is 0 Å². The Morgan fingerprint density at radius 2 is 2.16 bits per heavy atom. The molecule has 1 saturated heterocycles. The normalized spacial score (nSPS) is 25.5. The van der Waals surface area contributed by atoms with E-state index in [1.807, 2.05) is 11.8 Å². The minimum Gasteiger partial charge on any atom is -0.480 e. The van der Waals surface area contributed by atoms with Gasteiger partial charge in [-0.2, -0.15) is 13.2 Å². The molecule has 0 amide bonds. The molecule has 0 spiro atoms. The number of ether oxygens (including phenoxy) is 1. The summed E-state index contributed by atoms with van der Waals surface area (Å²) < 4.78 is 40.0. The highest BCUT2D eigenvalue weighted by Gasteiger charge is 2.31. The van der Waals surface area contributed by atoms with Gasteiger partial charge in [0.1, 0.15) is 12.6 Å². The van der Waals surface area contributed by atoms with Gasteiger partial charge in [0, 0.05) is 13.2 Å². The van der Waals surface area contributed by atoms with Crippen molar-refractivity contribution in [2.45, 2.75) is 38.4 Å². The molecule has 7 heteroatoms. The van der Waals surface area contributed by atoms with E-state index < -0.39 is 24.8 Å². The molecule has 0 radical (unpaired) electrons. The average molecular weight is 283 g/mol. The molecule has 0 aromatic rings. The summed E-state index contributed by atoms with van der Waals surface area (Å²) in [5, 5.41) is 9.11. The van der Waals surface area contributed by atoms with Crippen molar-refractivity contribution >= 4 is 5.97 Å². The zero-order valence-electron chi connectivity index (χ0n) is 10.9. The quantitative estimate of drug-likeness (QED) is 0.759. The van der Waals surface area contributed by atoms with Crippen molar-refractivity contribution in [2.75, 3.05) is 26.3 Å². The summed E-state index contributed by atoms with van der Waals surface area (Å²) in [5.41, 5.74) is 0. The van der Waals surface area contributed by atoms with Crippen LogP contribution < -0.4 is 0 Å². The molecule has 2 atom stereocenters. The molecule has 0 aromatic heterocycles. The van der Waals surface area contributed by atoms with Crippen LogP contribution in [0.15, 0.2) is 0 Å². The number of likely N-dealkylation sites (tertiary alicyclic amines) is 1. The molecule has 0 bridgehead atoms. The lowest BCUT2D eigenvalue weighted by Crippen LogP contribution is -2.47. The van der Waals surface area contributed by atoms with Crippen molar-refractivity contribution < 1.29 is 27.8 Å². The Labute approximate surface area is 110 Å². The Morgan fingerprint density at radius 3 is 2.74 bits per heavy atom. The van der Waals surface area contributed by atoms with Crippen LogP contribution in [0.25, 0.3) is 0 Å². The average Bonchev–Trinajstić information content (AvgIpc) is 2.28. The summed E-state index contributed by atoms with van der Waals surface area (Å²) in [6.45, 7) is 1.91. The third-order valence-electron chi connectivity index (χ3n) is 3.26. The highest BCUT2D eigenvalue weighted by atomic mass is 19.4. The minimum atomic E-state index is -4.30. The standard InChI is InChI=1S/C12H20F3NO3/c1-9-3-5-16(10(7-9)11(17)18)4-2-6-19-8-12(13,14)15/h9-10H,2-8H2,1H3,(H,17,18). The van der Waals surface area contributed by atoms with E-state index in [1.165, 1.54) is 0 Å². The maximum Gasteiger partial charge on any atom is 0.411 e. The first-order valence-electron chi connectivity index (χ1n) is 6.41. The zero-order valence-corrected chi connectivity index (χ0v) is 10.9. The first-order chi connectivity index (χ1) is 8.79. The molecule has 1 N–H and O–H groups in total. The van der Waals surface area contributed by atoms with Crippen LogP contribution in [0.4, 0.5) is 13.2 Å². The molecular formula is C12H20F3NO3. The van der Waals surface area contributed by atoms with E-state index in [0.29, 0.717) is 31.8 Å². The maximum absolute atomic E-state index is 11.8. The minimum absolute atomic E-state index is 0.00208. The van der Waals surface area contributed by atoms with E-state index >= 15 is 0 Å². The summed E-state index contributed by atoms with van der Waals surface area (Å²) in [6, 6.07) is -0.522. The second-order valence-electron chi connectivity index (χ2n) is 5.04. The molecule has 1 aliphatic heterocycles. The maximum atomic E-state index is 11.8. The van der Waals surface area contributed by atoms with Crippen molar-refractivity contribution in [1.82, 2.24) is 4.90 Å². The number of hydrogen-bond donors (Lipinski definition) is 1. The predicted molar refractivity (Wildman–Crippen MR) is 62.9 cm³/mol. The number of carbonyl (C=O) groups is 1. The molecule has 1 rings (SSSR count). The first-order valence-corrected chi connectivity index (χ1v) is 6.41. The summed E-state index contributed by atoms with van der Waals surface area (Å²) in [4.78, 5) is 12.9. The number of alkyl halides is 3. The van der Waals surface area contributed by atoms with Gasteiger partial charge in [0.25, 0.3) is 0 Å². The number of nitrogens with zero attached hydrogens (tertiary/aromatic N) is 1. The Hall–Kier alpha value is -0.820. The van der Waals surface area contributed by atoms with E-state index in [1.54, 1.807) is 0 Å². The number of rotatable bonds is 6. The highest BCUT2D eigenvalue weighted by Crippen LogP contribution is 2.22. The molecule has 0 aromatic carbocycles. The molecule has 1 aliphatic rings. The monoisotopic (exact) mass is 283 g/mol. The van der Waals surface area contributed by atoms with Gasteiger partial charge in [-0.25, -0.2) is 0 Å². The summed E-state index contributed by atoms with van der Waals surface area (Å²) in [7, 11) is 0. The third-order valence-corrected chi connectivity index (χ3v) is 3.26. The largest absolute Gasteiger partial charge is 0.480 e. The molecule has 1 fully saturated rings. The van der Waals surface area contributed by atoms with Gasteiger partial charge in [-0.3, -0.25) is 9.69 Å². The van der Waals surface area contributed by atoms with Crippen LogP contribution >= 0.6 is 0 Å². The number of carboxylic acid groups (broad SMARTS) is 1. The van der Waals surface area contributed by atoms with Crippen LogP contribution in [0.2, 0.25) is 0 Å². The van der Waals surface area contributed by atoms with Crippen molar-refractivity contribution in [3.05, 3.63) is 0 Å². The molecular weight excluding hydrogens is 263 g/mol. The fourth-order valence-electron chi connectivity index (χ4n) is 2.27. The second kappa shape index (κ2) is 7.09. The van der Waals surface area contributed by atoms with Crippen LogP contribution in [0.1, 0.15) is 26.2 Å². The predicted octanol–water partition coefficient (Wildman–Crippen LogP) is 2.14. The number of piperidine rings is 1. The van der Waals surface area contributed by atoms with Gasteiger partial charge in [-0.1, -0.05) is 6.92 Å². The van der Waals surface area contributed by atoms with Crippen molar-refractivity contribution in [2.24, 2.45) is 5.92 Å². The van der Waals surface area contributed by atoms with Gasteiger partial charge < -0.3 is 9.84 Å². The zero-order chi connectivity index (χ0) is 14.5. The van der Waals surface area contributed by atoms with Gasteiger partial charge in [-0.05, 0) is 31.7 Å². The number of hydrogen-bond acceptors (Lipinski definition) is 3. The topological polar surface area (TPSA) is 49.8 Å². The summed E-state index contributed by atoms with van der Waals surface area (Å²) in [6.07, 6.45) is -2.37. The fourth-order valence-corrected chi connectivity index (χ4v) is 2.27. The third kappa shape index (κ3) is 6.24. The Bertz CT molecular complexity index is 296. The lowest BCUT2D eigenvalue weighted by molar-refractivity contribution is -0.174. The van der Waals surface area contributed by atoms with E-state index in [9.17, 15) is 18.0 Å². The molecule has 0 aliphatic carbocycles. The highest BCUT2D eigenvalue weighted by molar-refractivity contribution is 5.73. The number of carboxylic acids is 1. The van der Waals surface area contributed by atoms with Crippen LogP contribution in [-0.2, 0) is 9.53 Å². The van der Waals surface area contributed by atoms with Crippen LogP contribution in [-0.4, -0.2) is 54.5 Å². The Morgan fingerprint density at radius 1 is 1.47 bits per heavy atom. The SMILES string of the molecule is CC1CCN(CCCOCC(F)(F)F)C(C(=O)O)C1. The molecule has 4 nitrogen and oxygen atoms in total. The van der Waals surface area contributed by atoms with E-state index in [-0.39, 0.29) is 6.61 Å². The molecule has 112 valence electrons. The van der Waals surface area contributed by atoms with Gasteiger partial charge in [0.15, 0.2) is 0 Å². The van der Waals surface area contributed by atoms with Crippen molar-refractivity contribution in [3.63, 3.8) is 0 Å². The van der Waals surface area contributed by atoms with E-state index in [2.05, 4.69) is 4.74 Å². The van der Waals surface area contributed by atoms with Gasteiger partial charge in [-0.15, -0.1) is 0 Å². The smallest absolute Gasteiger partial charge is 0.411 e. The fraction of sp³-hybridized carbons (Fsp3) is 0.917. The Balaban J connectivity index is 2.25. The lowest BCUT2D eigenvalue weighted by Gasteiger charge is -2.35. The molecule has 0 saturated carbocycles. The summed E-state index contributed by atoms with van der Waals surface area (Å²) >= 11 is 0.